The van der Waals surface area contributed by atoms with Gasteiger partial charge in [-0.3, -0.25) is 4.99 Å². The van der Waals surface area contributed by atoms with Crippen LogP contribution in [0.4, 0.5) is 0 Å². The summed E-state index contributed by atoms with van der Waals surface area (Å²) in [5.74, 6) is 1.08. The van der Waals surface area contributed by atoms with Crippen LogP contribution in [0, 0.1) is 0 Å². The molecule has 0 saturated heterocycles. The fraction of sp³-hybridized carbons (Fsp3) is 0.278. The van der Waals surface area contributed by atoms with Gasteiger partial charge in [-0.15, -0.1) is 0 Å². The number of nitrogens with one attached hydrogen (secondary N) is 1. The van der Waals surface area contributed by atoms with Gasteiger partial charge in [-0.1, -0.05) is 28.1 Å². The van der Waals surface area contributed by atoms with Crippen molar-refractivity contribution in [1.82, 2.24) is 0 Å². The number of benzene rings is 2. The largest absolute Gasteiger partial charge is 0.507 e. The lowest BCUT2D eigenvalue weighted by molar-refractivity contribution is -0.890. The molecule has 0 aliphatic heterocycles. The van der Waals surface area contributed by atoms with Crippen molar-refractivity contribution in [1.29, 1.82) is 0 Å². The van der Waals surface area contributed by atoms with Crippen molar-refractivity contribution in [2.75, 3.05) is 27.7 Å². The van der Waals surface area contributed by atoms with Crippen molar-refractivity contribution in [2.24, 2.45) is 4.99 Å². The van der Waals surface area contributed by atoms with E-state index in [4.69, 9.17) is 4.74 Å². The van der Waals surface area contributed by atoms with Gasteiger partial charge >= 0.3 is 0 Å². The second-order valence-corrected chi connectivity index (χ2v) is 6.52. The van der Waals surface area contributed by atoms with Crippen LogP contribution in [0.1, 0.15) is 17.2 Å². The molecule has 0 saturated carbocycles. The fourth-order valence-corrected chi connectivity index (χ4v) is 2.74. The SMILES string of the molecule is COc1cccc([C@@H](CN=Cc2cc(Br)ccc2O)[NH+](C)C)c1. The van der Waals surface area contributed by atoms with Gasteiger partial charge in [-0.25, -0.2) is 0 Å². The van der Waals surface area contributed by atoms with E-state index in [1.165, 1.54) is 10.5 Å². The number of quaternary nitrogens is 1. The summed E-state index contributed by atoms with van der Waals surface area (Å²) in [6.07, 6.45) is 1.72. The minimum atomic E-state index is 0.218. The monoisotopic (exact) mass is 377 g/mol. The van der Waals surface area contributed by atoms with E-state index in [1.54, 1.807) is 25.5 Å². The lowest BCUT2D eigenvalue weighted by atomic mass is 10.1. The topological polar surface area (TPSA) is 46.3 Å². The number of halogens is 1. The van der Waals surface area contributed by atoms with E-state index in [9.17, 15) is 5.11 Å². The summed E-state index contributed by atoms with van der Waals surface area (Å²) in [6.45, 7) is 0.626. The van der Waals surface area contributed by atoms with Crippen molar-refractivity contribution in [3.8, 4) is 11.5 Å². The first-order valence-corrected chi connectivity index (χ1v) is 8.23. The van der Waals surface area contributed by atoms with Crippen LogP contribution in [0.25, 0.3) is 0 Å². The van der Waals surface area contributed by atoms with E-state index in [1.807, 2.05) is 24.3 Å². The summed E-state index contributed by atoms with van der Waals surface area (Å²) in [4.78, 5) is 5.82. The van der Waals surface area contributed by atoms with Crippen LogP contribution < -0.4 is 9.64 Å². The Labute approximate surface area is 145 Å². The zero-order chi connectivity index (χ0) is 16.8. The van der Waals surface area contributed by atoms with Crippen LogP contribution >= 0.6 is 15.9 Å². The first-order valence-electron chi connectivity index (χ1n) is 7.43. The summed E-state index contributed by atoms with van der Waals surface area (Å²) in [7, 11) is 5.89. The minimum Gasteiger partial charge on any atom is -0.507 e. The number of aliphatic imine (C=N–C) groups is 1. The van der Waals surface area contributed by atoms with Gasteiger partial charge in [0.25, 0.3) is 0 Å². The first-order chi connectivity index (χ1) is 11.0. The van der Waals surface area contributed by atoms with E-state index < -0.39 is 0 Å². The summed E-state index contributed by atoms with van der Waals surface area (Å²) >= 11 is 3.40. The molecule has 122 valence electrons. The van der Waals surface area contributed by atoms with Crippen LogP contribution in [0.15, 0.2) is 51.9 Å². The lowest BCUT2D eigenvalue weighted by Crippen LogP contribution is -3.06. The maximum absolute atomic E-state index is 9.86. The Kier molecular flexibility index (Phi) is 6.19. The third-order valence-corrected chi connectivity index (χ3v) is 4.19. The van der Waals surface area contributed by atoms with E-state index >= 15 is 0 Å². The molecule has 0 heterocycles. The highest BCUT2D eigenvalue weighted by atomic mass is 79.9. The van der Waals surface area contributed by atoms with E-state index in [-0.39, 0.29) is 11.8 Å². The van der Waals surface area contributed by atoms with Crippen molar-refractivity contribution in [3.63, 3.8) is 0 Å². The molecule has 0 spiro atoms. The molecule has 2 N–H and O–H groups in total. The maximum Gasteiger partial charge on any atom is 0.133 e. The fourth-order valence-electron chi connectivity index (χ4n) is 2.36. The number of rotatable bonds is 6. The number of nitrogens with zero attached hydrogens (tertiary/aromatic N) is 1. The van der Waals surface area contributed by atoms with Crippen LogP contribution in [-0.2, 0) is 0 Å². The lowest BCUT2D eigenvalue weighted by Gasteiger charge is -2.20. The molecule has 23 heavy (non-hydrogen) atoms. The molecule has 0 unspecified atom stereocenters. The molecule has 0 fully saturated rings. The van der Waals surface area contributed by atoms with Gasteiger partial charge in [0.15, 0.2) is 0 Å². The van der Waals surface area contributed by atoms with Crippen LogP contribution in [0.3, 0.4) is 0 Å². The predicted octanol–water partition coefficient (Wildman–Crippen LogP) is 2.47. The van der Waals surface area contributed by atoms with Gasteiger partial charge in [-0.05, 0) is 30.3 Å². The van der Waals surface area contributed by atoms with E-state index in [2.05, 4.69) is 41.1 Å². The van der Waals surface area contributed by atoms with Crippen LogP contribution in [-0.4, -0.2) is 39.1 Å². The third-order valence-electron chi connectivity index (χ3n) is 3.70. The zero-order valence-corrected chi connectivity index (χ0v) is 15.2. The summed E-state index contributed by atoms with van der Waals surface area (Å²) in [5, 5.41) is 9.86. The Bertz CT molecular complexity index is 686. The Hall–Kier alpha value is -1.85. The molecule has 0 amide bonds. The zero-order valence-electron chi connectivity index (χ0n) is 13.6. The Balaban J connectivity index is 2.16. The highest BCUT2D eigenvalue weighted by Crippen LogP contribution is 2.21. The van der Waals surface area contributed by atoms with Gasteiger partial charge in [0.2, 0.25) is 0 Å². The highest BCUT2D eigenvalue weighted by Gasteiger charge is 2.17. The molecule has 2 aromatic rings. The maximum atomic E-state index is 9.86. The highest BCUT2D eigenvalue weighted by molar-refractivity contribution is 9.10. The van der Waals surface area contributed by atoms with Gasteiger partial charge < -0.3 is 14.7 Å². The Morgan fingerprint density at radius 3 is 2.74 bits per heavy atom. The molecular weight excluding hydrogens is 356 g/mol. The molecule has 1 atom stereocenters. The molecule has 2 aromatic carbocycles. The predicted molar refractivity (Wildman–Crippen MR) is 96.8 cm³/mol. The molecule has 5 heteroatoms. The first kappa shape index (κ1) is 17.5. The molecular formula is C18H22BrN2O2+. The molecule has 2 rings (SSSR count). The number of methoxy groups -OCH3 is 1. The van der Waals surface area contributed by atoms with Gasteiger partial charge in [-0.2, -0.15) is 0 Å². The van der Waals surface area contributed by atoms with Crippen molar-refractivity contribution >= 4 is 22.1 Å². The minimum absolute atomic E-state index is 0.218. The molecule has 4 nitrogen and oxygen atoms in total. The Morgan fingerprint density at radius 1 is 1.26 bits per heavy atom. The molecule has 0 aliphatic carbocycles. The number of likely N-dealkylation sites (N-methyl/N-ethyl adjacent to an activating group) is 1. The number of hydrogen-bond donors (Lipinski definition) is 2. The molecule has 0 radical (unpaired) electrons. The second-order valence-electron chi connectivity index (χ2n) is 5.60. The summed E-state index contributed by atoms with van der Waals surface area (Å²) in [6, 6.07) is 13.6. The Morgan fingerprint density at radius 2 is 2.04 bits per heavy atom. The van der Waals surface area contributed by atoms with E-state index in [0.717, 1.165) is 10.2 Å². The van der Waals surface area contributed by atoms with Crippen LogP contribution in [0.2, 0.25) is 0 Å². The smallest absolute Gasteiger partial charge is 0.133 e. The van der Waals surface area contributed by atoms with Crippen LogP contribution in [0.5, 0.6) is 11.5 Å². The summed E-state index contributed by atoms with van der Waals surface area (Å²) < 4.78 is 6.22. The number of hydrogen-bond acceptors (Lipinski definition) is 3. The average Bonchev–Trinajstić information content (AvgIpc) is 2.54. The number of phenols is 1. The number of aromatic hydroxyl groups is 1. The molecule has 0 aromatic heterocycles. The van der Waals surface area contributed by atoms with Crippen molar-refractivity contribution in [3.05, 3.63) is 58.1 Å². The van der Waals surface area contributed by atoms with Gasteiger partial charge in [0.05, 0.1) is 27.7 Å². The van der Waals surface area contributed by atoms with E-state index in [0.29, 0.717) is 12.1 Å². The quantitative estimate of drug-likeness (QED) is 0.759. The standard InChI is InChI=1S/C18H21BrN2O2/c1-21(2)17(13-5-4-6-16(10-13)23-3)12-20-11-14-9-15(19)7-8-18(14)22/h4-11,17,22H,12H2,1-3H3/p+1/t17-/m1/s1. The molecule has 0 aliphatic rings. The van der Waals surface area contributed by atoms with Crippen molar-refractivity contribution < 1.29 is 14.7 Å². The third kappa shape index (κ3) is 4.81. The van der Waals surface area contributed by atoms with Crippen molar-refractivity contribution in [2.45, 2.75) is 6.04 Å². The average molecular weight is 378 g/mol. The second kappa shape index (κ2) is 8.13. The number of phenolic OH excluding ortho intramolecular Hbond substituents is 1. The van der Waals surface area contributed by atoms with Gasteiger partial charge in [0, 0.05) is 21.8 Å². The van der Waals surface area contributed by atoms with Gasteiger partial charge in [0.1, 0.15) is 17.5 Å². The normalized spacial score (nSPS) is 12.7. The summed E-state index contributed by atoms with van der Waals surface area (Å²) in [5.41, 5.74) is 1.89. The number of ether oxygens (including phenoxy) is 1. The molecule has 0 bridgehead atoms.